The molecule has 0 aliphatic heterocycles. The van der Waals surface area contributed by atoms with Crippen molar-refractivity contribution in [2.45, 2.75) is 26.7 Å². The van der Waals surface area contributed by atoms with Gasteiger partial charge in [-0.1, -0.05) is 26.0 Å². The second kappa shape index (κ2) is 7.43. The number of methoxy groups -OCH3 is 4. The number of hydrogen-bond acceptors (Lipinski definition) is 5. The summed E-state index contributed by atoms with van der Waals surface area (Å²) in [6, 6.07) is 3.86. The van der Waals surface area contributed by atoms with Crippen molar-refractivity contribution in [2.24, 2.45) is 0 Å². The van der Waals surface area contributed by atoms with Gasteiger partial charge in [0.05, 0.1) is 33.8 Å². The molecule has 0 radical (unpaired) electrons. The molecule has 0 saturated carbocycles. The van der Waals surface area contributed by atoms with Gasteiger partial charge >= 0.3 is 0 Å². The van der Waals surface area contributed by atoms with Gasteiger partial charge in [-0.15, -0.1) is 0 Å². The molecule has 0 amide bonds. The van der Waals surface area contributed by atoms with E-state index in [1.54, 1.807) is 7.11 Å². The molecular weight excluding hydrogens is 308 g/mol. The smallest absolute Gasteiger partial charge is 0.232 e. The highest BCUT2D eigenvalue weighted by atomic mass is 16.5. The molecule has 5 nitrogen and oxygen atoms in total. The van der Waals surface area contributed by atoms with Crippen molar-refractivity contribution in [3.8, 4) is 23.0 Å². The van der Waals surface area contributed by atoms with Gasteiger partial charge in [0.2, 0.25) is 11.2 Å². The molecule has 0 atom stereocenters. The van der Waals surface area contributed by atoms with Gasteiger partial charge in [0.15, 0.2) is 17.2 Å². The van der Waals surface area contributed by atoms with Crippen LogP contribution in [0.3, 0.4) is 0 Å². The van der Waals surface area contributed by atoms with Crippen molar-refractivity contribution < 1.29 is 18.9 Å². The molecule has 0 unspecified atom stereocenters. The average molecular weight is 332 g/mol. The first-order valence-electron chi connectivity index (χ1n) is 7.94. The fourth-order valence-electron chi connectivity index (χ4n) is 3.13. The van der Waals surface area contributed by atoms with Crippen LogP contribution in [0.25, 0.3) is 10.8 Å². The largest absolute Gasteiger partial charge is 0.492 e. The molecule has 130 valence electrons. The molecule has 0 aliphatic rings. The maximum absolute atomic E-state index is 13.2. The molecule has 2 aromatic rings. The first kappa shape index (κ1) is 17.9. The minimum absolute atomic E-state index is 0.207. The van der Waals surface area contributed by atoms with Gasteiger partial charge in [0, 0.05) is 5.56 Å². The average Bonchev–Trinajstić information content (AvgIpc) is 2.75. The topological polar surface area (TPSA) is 54.0 Å². The Labute approximate surface area is 142 Å². The summed E-state index contributed by atoms with van der Waals surface area (Å²) in [7, 11) is 6.15. The van der Waals surface area contributed by atoms with Gasteiger partial charge in [-0.25, -0.2) is 0 Å². The van der Waals surface area contributed by atoms with Gasteiger partial charge in [-0.3, -0.25) is 4.79 Å². The van der Waals surface area contributed by atoms with E-state index in [2.05, 4.69) is 0 Å². The van der Waals surface area contributed by atoms with Crippen molar-refractivity contribution in [1.82, 2.24) is 0 Å². The summed E-state index contributed by atoms with van der Waals surface area (Å²) in [5, 5.41) is 1.23. The summed E-state index contributed by atoms with van der Waals surface area (Å²) < 4.78 is 22.0. The molecular formula is C19H24O5. The molecule has 0 spiro atoms. The molecule has 0 N–H and O–H groups in total. The minimum atomic E-state index is -0.207. The molecule has 5 heteroatoms. The van der Waals surface area contributed by atoms with E-state index in [1.165, 1.54) is 21.3 Å². The zero-order valence-electron chi connectivity index (χ0n) is 15.1. The third-order valence-electron chi connectivity index (χ3n) is 4.24. The molecule has 0 fully saturated rings. The van der Waals surface area contributed by atoms with Crippen molar-refractivity contribution in [3.63, 3.8) is 0 Å². The van der Waals surface area contributed by atoms with E-state index in [1.807, 2.05) is 26.0 Å². The van der Waals surface area contributed by atoms with E-state index in [0.29, 0.717) is 41.2 Å². The lowest BCUT2D eigenvalue weighted by atomic mass is 10.0. The molecule has 24 heavy (non-hydrogen) atoms. The summed E-state index contributed by atoms with van der Waals surface area (Å²) >= 11 is 0. The highest BCUT2D eigenvalue weighted by Crippen LogP contribution is 2.46. The third kappa shape index (κ3) is 2.64. The van der Waals surface area contributed by atoms with Crippen molar-refractivity contribution in [3.05, 3.63) is 33.5 Å². The highest BCUT2D eigenvalue weighted by Gasteiger charge is 2.24. The zero-order chi connectivity index (χ0) is 17.9. The number of aryl methyl sites for hydroxylation is 2. The second-order valence-electron chi connectivity index (χ2n) is 5.30. The number of ether oxygens (including phenoxy) is 4. The van der Waals surface area contributed by atoms with Crippen LogP contribution in [-0.4, -0.2) is 28.4 Å². The van der Waals surface area contributed by atoms with Crippen LogP contribution < -0.4 is 24.4 Å². The lowest BCUT2D eigenvalue weighted by Crippen LogP contribution is -2.09. The molecule has 0 aliphatic carbocycles. The zero-order valence-corrected chi connectivity index (χ0v) is 15.1. The monoisotopic (exact) mass is 332 g/mol. The predicted molar refractivity (Wildman–Crippen MR) is 95.2 cm³/mol. The highest BCUT2D eigenvalue weighted by molar-refractivity contribution is 5.96. The Morgan fingerprint density at radius 3 is 1.79 bits per heavy atom. The maximum Gasteiger partial charge on any atom is 0.232 e. The van der Waals surface area contributed by atoms with Crippen LogP contribution >= 0.6 is 0 Å². The summed E-state index contributed by atoms with van der Waals surface area (Å²) in [5.41, 5.74) is 1.55. The van der Waals surface area contributed by atoms with Gasteiger partial charge < -0.3 is 18.9 Å². The van der Waals surface area contributed by atoms with Crippen LogP contribution in [0.4, 0.5) is 0 Å². The molecule has 0 heterocycles. The summed E-state index contributed by atoms with van der Waals surface area (Å²) in [5.74, 6) is 1.71. The Morgan fingerprint density at radius 1 is 0.750 bits per heavy atom. The maximum atomic E-state index is 13.2. The lowest BCUT2D eigenvalue weighted by Gasteiger charge is -2.17. The van der Waals surface area contributed by atoms with Crippen LogP contribution in [0.1, 0.15) is 25.0 Å². The molecule has 0 bridgehead atoms. The third-order valence-corrected chi connectivity index (χ3v) is 4.24. The van der Waals surface area contributed by atoms with Crippen LogP contribution in [0.2, 0.25) is 0 Å². The van der Waals surface area contributed by atoms with Crippen molar-refractivity contribution in [1.29, 1.82) is 0 Å². The van der Waals surface area contributed by atoms with Gasteiger partial charge in [0.25, 0.3) is 0 Å². The van der Waals surface area contributed by atoms with E-state index in [4.69, 9.17) is 18.9 Å². The number of fused-ring (bicyclic) bond motifs is 1. The fraction of sp³-hybridized carbons (Fsp3) is 0.421. The second-order valence-corrected chi connectivity index (χ2v) is 5.30. The van der Waals surface area contributed by atoms with E-state index in [-0.39, 0.29) is 5.43 Å². The van der Waals surface area contributed by atoms with Crippen LogP contribution in [0.15, 0.2) is 16.9 Å². The fourth-order valence-corrected chi connectivity index (χ4v) is 3.13. The van der Waals surface area contributed by atoms with E-state index in [9.17, 15) is 4.79 Å². The van der Waals surface area contributed by atoms with Crippen LogP contribution in [-0.2, 0) is 12.8 Å². The van der Waals surface area contributed by atoms with Crippen LogP contribution in [0, 0.1) is 0 Å². The SMILES string of the molecule is CCc1ccc2c(CC)c(OC)c(OC)c(OC)c2c(=O)c1OC. The quantitative estimate of drug-likeness (QED) is 0.812. The Hall–Kier alpha value is -2.43. The number of hydrogen-bond donors (Lipinski definition) is 0. The predicted octanol–water partition coefficient (Wildman–Crippen LogP) is 3.36. The summed E-state index contributed by atoms with van der Waals surface area (Å²) in [6.07, 6.45) is 1.38. The molecule has 2 aromatic carbocycles. The number of rotatable bonds is 6. The van der Waals surface area contributed by atoms with Gasteiger partial charge in [-0.05, 0) is 23.8 Å². The summed E-state index contributed by atoms with van der Waals surface area (Å²) in [4.78, 5) is 13.2. The van der Waals surface area contributed by atoms with Gasteiger partial charge in [-0.2, -0.15) is 0 Å². The van der Waals surface area contributed by atoms with Crippen LogP contribution in [0.5, 0.6) is 23.0 Å². The lowest BCUT2D eigenvalue weighted by molar-refractivity contribution is 0.325. The van der Waals surface area contributed by atoms with E-state index >= 15 is 0 Å². The Morgan fingerprint density at radius 2 is 1.33 bits per heavy atom. The molecule has 0 aromatic heterocycles. The molecule has 2 rings (SSSR count). The Bertz CT molecular complexity index is 811. The first-order chi connectivity index (χ1) is 11.6. The standard InChI is InChI=1S/C19H24O5/c1-7-11-9-10-13-12(8-2)17(22-4)19(24-6)18(23-5)14(13)15(20)16(11)21-3/h9-10H,7-8H2,1-6H3. The summed E-state index contributed by atoms with van der Waals surface area (Å²) in [6.45, 7) is 4.00. The minimum Gasteiger partial charge on any atom is -0.492 e. The first-order valence-corrected chi connectivity index (χ1v) is 7.94. The Kier molecular flexibility index (Phi) is 5.54. The van der Waals surface area contributed by atoms with E-state index < -0.39 is 0 Å². The van der Waals surface area contributed by atoms with Crippen molar-refractivity contribution in [2.75, 3.05) is 28.4 Å². The normalized spacial score (nSPS) is 10.6. The van der Waals surface area contributed by atoms with E-state index in [0.717, 1.165) is 16.5 Å². The number of benzene rings is 1. The van der Waals surface area contributed by atoms with Gasteiger partial charge in [0.1, 0.15) is 0 Å². The Balaban J connectivity index is 3.20. The molecule has 0 saturated heterocycles. The van der Waals surface area contributed by atoms with Crippen molar-refractivity contribution >= 4 is 10.8 Å².